The summed E-state index contributed by atoms with van der Waals surface area (Å²) in [7, 11) is 1.65. The van der Waals surface area contributed by atoms with Gasteiger partial charge in [0.15, 0.2) is 0 Å². The summed E-state index contributed by atoms with van der Waals surface area (Å²) in [5.41, 5.74) is 2.21. The van der Waals surface area contributed by atoms with Crippen LogP contribution in [0.1, 0.15) is 35.6 Å². The maximum absolute atomic E-state index is 13.6. The molecule has 2 aromatic carbocycles. The van der Waals surface area contributed by atoms with Crippen LogP contribution in [-0.2, 0) is 6.54 Å². The van der Waals surface area contributed by atoms with Crippen LogP contribution in [0.3, 0.4) is 0 Å². The minimum atomic E-state index is -0.514. The average molecular weight is 422 g/mol. The molecule has 0 aromatic heterocycles. The van der Waals surface area contributed by atoms with Gasteiger partial charge in [0.25, 0.3) is 0 Å². The molecule has 29 heavy (non-hydrogen) atoms. The fraction of sp³-hybridized carbons (Fsp3) is 0.381. The summed E-state index contributed by atoms with van der Waals surface area (Å²) in [5.74, 6) is -0.866. The van der Waals surface area contributed by atoms with Crippen molar-refractivity contribution in [3.63, 3.8) is 0 Å². The van der Waals surface area contributed by atoms with Crippen LogP contribution in [-0.4, -0.2) is 35.5 Å². The Labute approximate surface area is 173 Å². The second kappa shape index (κ2) is 8.86. The van der Waals surface area contributed by atoms with Crippen molar-refractivity contribution in [2.45, 2.75) is 38.4 Å². The first-order valence-electron chi connectivity index (χ1n) is 9.34. The van der Waals surface area contributed by atoms with Gasteiger partial charge in [-0.05, 0) is 60.7 Å². The molecule has 8 heteroatoms. The van der Waals surface area contributed by atoms with Crippen LogP contribution < -0.4 is 0 Å². The number of likely N-dealkylation sites (tertiary alicyclic amines) is 1. The number of benzene rings is 2. The highest BCUT2D eigenvalue weighted by Crippen LogP contribution is 2.35. The standard InChI is InChI=1S/C21H22ClF2N3O2/c1-13-9-15(23)4-5-17(13)20-11-16(25-29)7-8-27(20)21(28)26(2)12-14-3-6-19(24)18(22)10-14/h3-6,9-10,16,20H,7-8,11-12H2,1-2H3/t16?,20-/m1/s1. The molecule has 0 aliphatic carbocycles. The van der Waals surface area contributed by atoms with Crippen molar-refractivity contribution >= 4 is 17.6 Å². The van der Waals surface area contributed by atoms with Crippen molar-refractivity contribution in [1.29, 1.82) is 0 Å². The Bertz CT molecular complexity index is 925. The topological polar surface area (TPSA) is 53.0 Å². The zero-order valence-corrected chi connectivity index (χ0v) is 17.0. The van der Waals surface area contributed by atoms with Crippen LogP contribution in [0.2, 0.25) is 5.02 Å². The van der Waals surface area contributed by atoms with Gasteiger partial charge in [0.05, 0.1) is 17.1 Å². The number of rotatable bonds is 4. The monoisotopic (exact) mass is 421 g/mol. The molecule has 1 heterocycles. The number of hydrogen-bond acceptors (Lipinski definition) is 3. The molecule has 1 saturated heterocycles. The van der Waals surface area contributed by atoms with Gasteiger partial charge in [-0.1, -0.05) is 28.9 Å². The summed E-state index contributed by atoms with van der Waals surface area (Å²) in [4.78, 5) is 27.5. The Morgan fingerprint density at radius 2 is 2.03 bits per heavy atom. The van der Waals surface area contributed by atoms with Crippen molar-refractivity contribution < 1.29 is 13.6 Å². The van der Waals surface area contributed by atoms with Gasteiger partial charge in [0.2, 0.25) is 0 Å². The third-order valence-corrected chi connectivity index (χ3v) is 5.58. The average Bonchev–Trinajstić information content (AvgIpc) is 2.70. The van der Waals surface area contributed by atoms with Gasteiger partial charge < -0.3 is 9.80 Å². The second-order valence-electron chi connectivity index (χ2n) is 7.38. The maximum atomic E-state index is 13.6. The number of piperidine rings is 1. The smallest absolute Gasteiger partial charge is 0.320 e. The lowest BCUT2D eigenvalue weighted by molar-refractivity contribution is 0.115. The number of urea groups is 1. The predicted octanol–water partition coefficient (Wildman–Crippen LogP) is 5.45. The van der Waals surface area contributed by atoms with E-state index in [1.165, 1.54) is 29.2 Å². The van der Waals surface area contributed by atoms with Gasteiger partial charge in [0.1, 0.15) is 11.6 Å². The molecule has 0 N–H and O–H groups in total. The van der Waals surface area contributed by atoms with E-state index in [-0.39, 0.29) is 29.5 Å². The van der Waals surface area contributed by atoms with E-state index in [9.17, 15) is 18.5 Å². The number of carbonyl (C=O) groups excluding carboxylic acids is 1. The molecule has 154 valence electrons. The zero-order chi connectivity index (χ0) is 21.1. The number of nitroso groups, excluding NO2 is 1. The van der Waals surface area contributed by atoms with Crippen LogP contribution in [0.15, 0.2) is 41.6 Å². The molecule has 0 spiro atoms. The van der Waals surface area contributed by atoms with Crippen molar-refractivity contribution in [2.75, 3.05) is 13.6 Å². The first-order valence-corrected chi connectivity index (χ1v) is 9.72. The third kappa shape index (κ3) is 4.72. The second-order valence-corrected chi connectivity index (χ2v) is 7.79. The molecule has 2 atom stereocenters. The molecular weight excluding hydrogens is 400 g/mol. The van der Waals surface area contributed by atoms with Gasteiger partial charge in [0, 0.05) is 20.1 Å². The van der Waals surface area contributed by atoms with Crippen molar-refractivity contribution in [3.8, 4) is 0 Å². The number of amides is 2. The quantitative estimate of drug-likeness (QED) is 0.616. The molecule has 2 amide bonds. The predicted molar refractivity (Wildman–Crippen MR) is 108 cm³/mol. The van der Waals surface area contributed by atoms with E-state index in [0.29, 0.717) is 30.5 Å². The third-order valence-electron chi connectivity index (χ3n) is 5.29. The Morgan fingerprint density at radius 3 is 2.69 bits per heavy atom. The molecule has 3 rings (SSSR count). The highest BCUT2D eigenvalue weighted by atomic mass is 35.5. The molecule has 0 saturated carbocycles. The minimum Gasteiger partial charge on any atom is -0.323 e. The van der Waals surface area contributed by atoms with Crippen molar-refractivity contribution in [1.82, 2.24) is 9.80 Å². The lowest BCUT2D eigenvalue weighted by atomic mass is 9.90. The summed E-state index contributed by atoms with van der Waals surface area (Å²) in [5, 5.41) is 3.17. The number of nitrogens with zero attached hydrogens (tertiary/aromatic N) is 3. The highest BCUT2D eigenvalue weighted by molar-refractivity contribution is 6.30. The summed E-state index contributed by atoms with van der Waals surface area (Å²) >= 11 is 5.83. The molecule has 1 aliphatic rings. The normalized spacial score (nSPS) is 19.1. The Kier molecular flexibility index (Phi) is 6.47. The first kappa shape index (κ1) is 21.2. The van der Waals surface area contributed by atoms with Crippen LogP contribution in [0, 0.1) is 23.5 Å². The minimum absolute atomic E-state index is 0.000958. The molecule has 1 unspecified atom stereocenters. The highest BCUT2D eigenvalue weighted by Gasteiger charge is 2.35. The van der Waals surface area contributed by atoms with E-state index in [0.717, 1.165) is 5.56 Å². The number of halogens is 3. The SMILES string of the molecule is Cc1cc(F)ccc1[C@H]1CC(N=O)CCN1C(=O)N(C)Cc1ccc(F)c(Cl)c1. The summed E-state index contributed by atoms with van der Waals surface area (Å²) < 4.78 is 26.9. The van der Waals surface area contributed by atoms with E-state index >= 15 is 0 Å². The van der Waals surface area contributed by atoms with Crippen LogP contribution in [0.5, 0.6) is 0 Å². The molecule has 2 aromatic rings. The summed E-state index contributed by atoms with van der Waals surface area (Å²) in [6.07, 6.45) is 0.861. The van der Waals surface area contributed by atoms with Crippen LogP contribution in [0.4, 0.5) is 13.6 Å². The van der Waals surface area contributed by atoms with Crippen LogP contribution in [0.25, 0.3) is 0 Å². The van der Waals surface area contributed by atoms with E-state index in [1.807, 2.05) is 0 Å². The molecule has 1 aliphatic heterocycles. The lowest BCUT2D eigenvalue weighted by Crippen LogP contribution is -2.47. The van der Waals surface area contributed by atoms with E-state index in [4.69, 9.17) is 11.6 Å². The molecule has 1 fully saturated rings. The molecule has 5 nitrogen and oxygen atoms in total. The summed E-state index contributed by atoms with van der Waals surface area (Å²) in [6.45, 7) is 2.40. The molecular formula is C21H22ClF2N3O2. The van der Waals surface area contributed by atoms with Gasteiger partial charge in [-0.3, -0.25) is 0 Å². The Morgan fingerprint density at radius 1 is 1.28 bits per heavy atom. The van der Waals surface area contributed by atoms with Crippen molar-refractivity contribution in [2.24, 2.45) is 5.18 Å². The van der Waals surface area contributed by atoms with Gasteiger partial charge in [-0.25, -0.2) is 13.6 Å². The molecule has 0 radical (unpaired) electrons. The van der Waals surface area contributed by atoms with Crippen molar-refractivity contribution in [3.05, 3.63) is 74.7 Å². The lowest BCUT2D eigenvalue weighted by Gasteiger charge is -2.40. The summed E-state index contributed by atoms with van der Waals surface area (Å²) in [6, 6.07) is 7.76. The fourth-order valence-corrected chi connectivity index (χ4v) is 3.98. The number of carbonyl (C=O) groups is 1. The number of hydrogen-bond donors (Lipinski definition) is 0. The van der Waals surface area contributed by atoms with E-state index in [2.05, 4.69) is 5.18 Å². The fourth-order valence-electron chi connectivity index (χ4n) is 3.78. The molecule has 0 bridgehead atoms. The first-order chi connectivity index (χ1) is 13.8. The maximum Gasteiger partial charge on any atom is 0.320 e. The van der Waals surface area contributed by atoms with Gasteiger partial charge in [-0.15, -0.1) is 0 Å². The number of aryl methyl sites for hydroxylation is 1. The zero-order valence-electron chi connectivity index (χ0n) is 16.2. The Hall–Kier alpha value is -2.54. The van der Waals surface area contributed by atoms with E-state index < -0.39 is 11.9 Å². The largest absolute Gasteiger partial charge is 0.323 e. The van der Waals surface area contributed by atoms with E-state index in [1.54, 1.807) is 31.0 Å². The van der Waals surface area contributed by atoms with Gasteiger partial charge in [-0.2, -0.15) is 4.91 Å². The van der Waals surface area contributed by atoms with Crippen LogP contribution >= 0.6 is 11.6 Å². The Balaban J connectivity index is 1.83. The van der Waals surface area contributed by atoms with Gasteiger partial charge >= 0.3 is 6.03 Å².